The van der Waals surface area contributed by atoms with Crippen molar-refractivity contribution in [3.63, 3.8) is 0 Å². The quantitative estimate of drug-likeness (QED) is 0.235. The van der Waals surface area contributed by atoms with E-state index < -0.39 is 0 Å². The van der Waals surface area contributed by atoms with Crippen LogP contribution < -0.4 is 0 Å². The van der Waals surface area contributed by atoms with E-state index in [-0.39, 0.29) is 0 Å². The van der Waals surface area contributed by atoms with Crippen LogP contribution in [0.1, 0.15) is 35.7 Å². The molecule has 0 aliphatic heterocycles. The molecule has 4 aromatic carbocycles. The van der Waals surface area contributed by atoms with Crippen LogP contribution in [0.2, 0.25) is 0 Å². The number of nitrogens with zero attached hydrogens (tertiary/aromatic N) is 2. The summed E-state index contributed by atoms with van der Waals surface area (Å²) < 4.78 is 4.97. The minimum Gasteiger partial charge on any atom is -0.337 e. The topological polar surface area (TPSA) is 9.86 Å². The normalized spacial score (nSPS) is 16.8. The molecule has 0 spiro atoms. The van der Waals surface area contributed by atoms with Gasteiger partial charge in [-0.05, 0) is 60.7 Å². The highest BCUT2D eigenvalue weighted by atomic mass is 15.0. The van der Waals surface area contributed by atoms with Crippen molar-refractivity contribution in [2.45, 2.75) is 25.3 Å². The molecule has 0 N–H and O–H groups in total. The van der Waals surface area contributed by atoms with E-state index in [1.807, 2.05) is 0 Å². The molecule has 2 aliphatic rings. The number of fused-ring (bicyclic) bond motifs is 6. The van der Waals surface area contributed by atoms with E-state index in [0.717, 1.165) is 19.3 Å². The second-order valence-electron chi connectivity index (χ2n) is 10.4. The molecule has 2 nitrogen and oxygen atoms in total. The van der Waals surface area contributed by atoms with E-state index in [2.05, 4.69) is 137 Å². The third kappa shape index (κ3) is 3.20. The molecule has 0 saturated carbocycles. The fraction of sp³-hybridized carbons (Fsp3) is 0.111. The van der Waals surface area contributed by atoms with Gasteiger partial charge in [-0.25, -0.2) is 0 Å². The van der Waals surface area contributed by atoms with Crippen LogP contribution in [0, 0.1) is 0 Å². The summed E-state index contributed by atoms with van der Waals surface area (Å²) in [6.45, 7) is 0. The van der Waals surface area contributed by atoms with E-state index >= 15 is 0 Å². The molecule has 0 saturated heterocycles. The third-order valence-corrected chi connectivity index (χ3v) is 8.34. The zero-order valence-electron chi connectivity index (χ0n) is 21.2. The van der Waals surface area contributed by atoms with Crippen molar-refractivity contribution < 1.29 is 0 Å². The molecule has 0 amide bonds. The van der Waals surface area contributed by atoms with E-state index in [4.69, 9.17) is 0 Å². The molecule has 0 fully saturated rings. The van der Waals surface area contributed by atoms with Gasteiger partial charge in [-0.1, -0.05) is 97.1 Å². The van der Waals surface area contributed by atoms with E-state index in [0.29, 0.717) is 6.04 Å². The molecule has 0 radical (unpaired) electrons. The lowest BCUT2D eigenvalue weighted by Crippen LogP contribution is -2.12. The Labute approximate surface area is 222 Å². The van der Waals surface area contributed by atoms with Gasteiger partial charge < -0.3 is 9.13 Å². The van der Waals surface area contributed by atoms with Gasteiger partial charge in [0.1, 0.15) is 0 Å². The van der Waals surface area contributed by atoms with Crippen molar-refractivity contribution in [3.05, 3.63) is 138 Å². The molecule has 0 bridgehead atoms. The Hall–Kier alpha value is -4.56. The van der Waals surface area contributed by atoms with E-state index in [9.17, 15) is 0 Å². The molecule has 1 atom stereocenters. The fourth-order valence-electron chi connectivity index (χ4n) is 6.60. The van der Waals surface area contributed by atoms with Gasteiger partial charge in [-0.15, -0.1) is 0 Å². The second kappa shape index (κ2) is 8.49. The zero-order valence-corrected chi connectivity index (χ0v) is 21.2. The monoisotopic (exact) mass is 488 g/mol. The van der Waals surface area contributed by atoms with Gasteiger partial charge in [0.15, 0.2) is 0 Å². The smallest absolute Gasteiger partial charge is 0.0557 e. The van der Waals surface area contributed by atoms with Crippen molar-refractivity contribution in [2.24, 2.45) is 0 Å². The summed E-state index contributed by atoms with van der Waals surface area (Å²) in [5, 5.41) is 3.97. The third-order valence-electron chi connectivity index (χ3n) is 8.34. The zero-order chi connectivity index (χ0) is 25.1. The van der Waals surface area contributed by atoms with Crippen molar-refractivity contribution in [1.82, 2.24) is 9.13 Å². The highest BCUT2D eigenvalue weighted by Crippen LogP contribution is 2.38. The Morgan fingerprint density at radius 1 is 0.632 bits per heavy atom. The van der Waals surface area contributed by atoms with Crippen LogP contribution in [0.15, 0.2) is 121 Å². The van der Waals surface area contributed by atoms with Gasteiger partial charge in [0.2, 0.25) is 0 Å². The second-order valence-corrected chi connectivity index (χ2v) is 10.4. The molecule has 6 aromatic rings. The molecule has 38 heavy (non-hydrogen) atoms. The predicted octanol–water partition coefficient (Wildman–Crippen LogP) is 9.28. The number of aromatic nitrogens is 2. The van der Waals surface area contributed by atoms with Crippen molar-refractivity contribution >= 4 is 44.4 Å². The van der Waals surface area contributed by atoms with Gasteiger partial charge in [0, 0.05) is 38.6 Å². The number of hydrogen-bond acceptors (Lipinski definition) is 0. The van der Waals surface area contributed by atoms with Gasteiger partial charge in [0.25, 0.3) is 0 Å². The summed E-state index contributed by atoms with van der Waals surface area (Å²) in [6.07, 6.45) is 15.0. The number of rotatable bonds is 3. The molecule has 182 valence electrons. The van der Waals surface area contributed by atoms with Crippen LogP contribution in [0.25, 0.3) is 50.0 Å². The lowest BCUT2D eigenvalue weighted by molar-refractivity contribution is 0.600. The Bertz CT molecular complexity index is 1890. The number of para-hydroxylation sites is 3. The first kappa shape index (κ1) is 21.5. The first-order valence-electron chi connectivity index (χ1n) is 13.6. The maximum atomic E-state index is 2.59. The van der Waals surface area contributed by atoms with Crippen molar-refractivity contribution in [3.8, 4) is 5.69 Å². The summed E-state index contributed by atoms with van der Waals surface area (Å²) in [7, 11) is 0. The maximum absolute atomic E-state index is 2.59. The van der Waals surface area contributed by atoms with E-state index in [1.54, 1.807) is 0 Å². The van der Waals surface area contributed by atoms with Crippen molar-refractivity contribution in [1.29, 1.82) is 0 Å². The average Bonchev–Trinajstić information content (AvgIpc) is 3.51. The lowest BCUT2D eigenvalue weighted by Gasteiger charge is -2.23. The first-order valence-corrected chi connectivity index (χ1v) is 13.6. The summed E-state index contributed by atoms with van der Waals surface area (Å²) in [5.41, 5.74) is 10.5. The minimum atomic E-state index is 0.357. The van der Waals surface area contributed by atoms with Gasteiger partial charge in [-0.2, -0.15) is 0 Å². The number of hydrogen-bond donors (Lipinski definition) is 0. The minimum absolute atomic E-state index is 0.357. The number of benzene rings is 4. The predicted molar refractivity (Wildman–Crippen MR) is 161 cm³/mol. The van der Waals surface area contributed by atoms with Gasteiger partial charge in [0.05, 0.1) is 17.1 Å². The maximum Gasteiger partial charge on any atom is 0.0557 e. The molecular formula is C36H28N2. The fourth-order valence-corrected chi connectivity index (χ4v) is 6.60. The van der Waals surface area contributed by atoms with Crippen molar-refractivity contribution in [2.75, 3.05) is 0 Å². The summed E-state index contributed by atoms with van der Waals surface area (Å²) >= 11 is 0. The Kier molecular flexibility index (Phi) is 4.81. The average molecular weight is 489 g/mol. The Morgan fingerprint density at radius 3 is 1.97 bits per heavy atom. The summed E-state index contributed by atoms with van der Waals surface area (Å²) in [4.78, 5) is 0. The Balaban J connectivity index is 1.13. The molecule has 2 heteroatoms. The largest absolute Gasteiger partial charge is 0.337 e. The lowest BCUT2D eigenvalue weighted by atomic mass is 9.96. The first-order chi connectivity index (χ1) is 18.9. The SMILES string of the molecule is C1=Cc2c(n(C3C=CC(c4ccc(-n5c6ccccc6c6ccccc65)cc4)=CC3)c3ccccc23)CC1. The Morgan fingerprint density at radius 2 is 1.29 bits per heavy atom. The number of allylic oxidation sites excluding steroid dienone is 5. The summed E-state index contributed by atoms with van der Waals surface area (Å²) in [5.74, 6) is 0. The van der Waals surface area contributed by atoms with Crippen LogP contribution in [0.4, 0.5) is 0 Å². The molecular weight excluding hydrogens is 460 g/mol. The highest BCUT2D eigenvalue weighted by Gasteiger charge is 2.22. The molecule has 8 rings (SSSR count). The molecule has 2 heterocycles. The summed E-state index contributed by atoms with van der Waals surface area (Å²) in [6, 6.07) is 35.7. The van der Waals surface area contributed by atoms with Crippen LogP contribution in [0.5, 0.6) is 0 Å². The molecule has 1 unspecified atom stereocenters. The van der Waals surface area contributed by atoms with E-state index in [1.165, 1.54) is 60.8 Å². The van der Waals surface area contributed by atoms with Crippen LogP contribution >= 0.6 is 0 Å². The highest BCUT2D eigenvalue weighted by molar-refractivity contribution is 6.09. The van der Waals surface area contributed by atoms with Crippen LogP contribution in [0.3, 0.4) is 0 Å². The molecule has 2 aromatic heterocycles. The molecule has 2 aliphatic carbocycles. The van der Waals surface area contributed by atoms with Gasteiger partial charge >= 0.3 is 0 Å². The van der Waals surface area contributed by atoms with Crippen LogP contribution in [-0.4, -0.2) is 9.13 Å². The van der Waals surface area contributed by atoms with Crippen LogP contribution in [-0.2, 0) is 6.42 Å². The van der Waals surface area contributed by atoms with Gasteiger partial charge in [-0.3, -0.25) is 0 Å². The standard InChI is InChI=1S/C36H28N2/c1-5-13-33-29(9-1)30-10-2-6-14-34(30)37(33)27-21-17-25(18-22-27)26-19-23-28(24-20-26)38-35-15-7-3-11-31(35)32-12-4-8-16-36(32)38/h1-7,9-15,17-23,28H,8,16,24H2.